The van der Waals surface area contributed by atoms with Crippen LogP contribution < -0.4 is 11.1 Å². The fraction of sp³-hybridized carbons (Fsp3) is 0.500. The average molecular weight is 375 g/mol. The van der Waals surface area contributed by atoms with Crippen LogP contribution in [0, 0.1) is 0 Å². The van der Waals surface area contributed by atoms with Gasteiger partial charge in [0.25, 0.3) is 5.91 Å². The molecule has 26 heavy (non-hydrogen) atoms. The Morgan fingerprint density at radius 1 is 1.38 bits per heavy atom. The molecule has 3 rings (SSSR count). The van der Waals surface area contributed by atoms with Gasteiger partial charge in [-0.15, -0.1) is 11.3 Å². The van der Waals surface area contributed by atoms with Gasteiger partial charge in [0.05, 0.1) is 24.0 Å². The van der Waals surface area contributed by atoms with Gasteiger partial charge in [0.2, 0.25) is 5.91 Å². The van der Waals surface area contributed by atoms with E-state index in [0.29, 0.717) is 17.1 Å². The topological polar surface area (TPSA) is 91.6 Å². The number of likely N-dealkylation sites (tertiary alicyclic amines) is 1. The van der Waals surface area contributed by atoms with Crippen molar-refractivity contribution in [1.82, 2.24) is 20.1 Å². The van der Waals surface area contributed by atoms with Gasteiger partial charge in [0, 0.05) is 19.0 Å². The minimum Gasteiger partial charge on any atom is -0.397 e. The van der Waals surface area contributed by atoms with E-state index in [1.54, 1.807) is 7.05 Å². The Morgan fingerprint density at radius 2 is 2.15 bits per heavy atom. The maximum atomic E-state index is 12.6. The van der Waals surface area contributed by atoms with Gasteiger partial charge in [-0.3, -0.25) is 9.59 Å². The Balaban J connectivity index is 1.95. The first kappa shape index (κ1) is 18.6. The largest absolute Gasteiger partial charge is 0.397 e. The third-order valence-electron chi connectivity index (χ3n) is 4.66. The lowest BCUT2D eigenvalue weighted by Crippen LogP contribution is -2.43. The molecule has 1 aliphatic rings. The quantitative estimate of drug-likeness (QED) is 0.851. The van der Waals surface area contributed by atoms with E-state index in [0.717, 1.165) is 41.7 Å². The normalized spacial score (nSPS) is 17.7. The number of pyridine rings is 1. The van der Waals surface area contributed by atoms with Crippen molar-refractivity contribution in [2.24, 2.45) is 0 Å². The highest BCUT2D eigenvalue weighted by molar-refractivity contribution is 7.21. The van der Waals surface area contributed by atoms with E-state index >= 15 is 0 Å². The second kappa shape index (κ2) is 7.59. The maximum Gasteiger partial charge on any atom is 0.263 e. The third-order valence-corrected chi connectivity index (χ3v) is 5.78. The number of hydrogen-bond acceptors (Lipinski definition) is 6. The van der Waals surface area contributed by atoms with Gasteiger partial charge in [-0.05, 0) is 45.5 Å². The van der Waals surface area contributed by atoms with Crippen molar-refractivity contribution in [3.8, 4) is 0 Å². The van der Waals surface area contributed by atoms with E-state index in [4.69, 9.17) is 10.7 Å². The lowest BCUT2D eigenvalue weighted by Gasteiger charge is -2.36. The summed E-state index contributed by atoms with van der Waals surface area (Å²) in [5.74, 6) is -0.0779. The SMILES string of the molecule is CNC(=O)c1sc2nc([C@H]3CCCCN3C(=O)CN(C)C)ccc2c1N. The second-order valence-corrected chi connectivity index (χ2v) is 7.85. The lowest BCUT2D eigenvalue weighted by atomic mass is 9.98. The molecule has 1 atom stereocenters. The Kier molecular flexibility index (Phi) is 5.43. The Morgan fingerprint density at radius 3 is 2.85 bits per heavy atom. The van der Waals surface area contributed by atoms with Crippen molar-refractivity contribution in [3.05, 3.63) is 22.7 Å². The molecule has 2 aromatic heterocycles. The van der Waals surface area contributed by atoms with E-state index in [9.17, 15) is 9.59 Å². The molecule has 0 radical (unpaired) electrons. The summed E-state index contributed by atoms with van der Waals surface area (Å²) in [5, 5.41) is 3.40. The maximum absolute atomic E-state index is 12.6. The first-order chi connectivity index (χ1) is 12.4. The Hall–Kier alpha value is -2.19. The summed E-state index contributed by atoms with van der Waals surface area (Å²) in [4.78, 5) is 34.4. The van der Waals surface area contributed by atoms with Gasteiger partial charge in [0.1, 0.15) is 9.71 Å². The van der Waals surface area contributed by atoms with Gasteiger partial charge in [-0.2, -0.15) is 0 Å². The van der Waals surface area contributed by atoms with Crippen LogP contribution in [0.4, 0.5) is 5.69 Å². The Labute approximate surface area is 157 Å². The standard InChI is InChI=1S/C18H25N5O2S/c1-20-17(25)16-15(19)11-7-8-12(21-18(11)26-16)13-6-4-5-9-23(13)14(24)10-22(2)3/h7-8,13H,4-6,9-10,19H2,1-3H3,(H,20,25)/t13-/m1/s1. The summed E-state index contributed by atoms with van der Waals surface area (Å²) in [6.07, 6.45) is 3.00. The van der Waals surface area contributed by atoms with Crippen molar-refractivity contribution in [1.29, 1.82) is 0 Å². The number of rotatable bonds is 4. The molecule has 140 valence electrons. The van der Waals surface area contributed by atoms with Crippen LogP contribution in [0.15, 0.2) is 12.1 Å². The summed E-state index contributed by atoms with van der Waals surface area (Å²) in [7, 11) is 5.38. The molecule has 8 heteroatoms. The van der Waals surface area contributed by atoms with Crippen molar-refractivity contribution < 1.29 is 9.59 Å². The molecule has 1 saturated heterocycles. The third kappa shape index (κ3) is 3.52. The fourth-order valence-corrected chi connectivity index (χ4v) is 4.43. The summed E-state index contributed by atoms with van der Waals surface area (Å²) in [6, 6.07) is 3.83. The zero-order chi connectivity index (χ0) is 18.8. The number of nitrogens with two attached hydrogens (primary N) is 1. The fourth-order valence-electron chi connectivity index (χ4n) is 3.38. The molecule has 3 heterocycles. The minimum atomic E-state index is -0.201. The molecule has 0 spiro atoms. The van der Waals surface area contributed by atoms with Crippen LogP contribution in [0.3, 0.4) is 0 Å². The predicted octanol–water partition coefficient (Wildman–Crippen LogP) is 1.85. The zero-order valence-electron chi connectivity index (χ0n) is 15.4. The van der Waals surface area contributed by atoms with E-state index in [-0.39, 0.29) is 17.9 Å². The molecule has 0 aliphatic carbocycles. The highest BCUT2D eigenvalue weighted by Gasteiger charge is 2.29. The van der Waals surface area contributed by atoms with Crippen LogP contribution in [0.5, 0.6) is 0 Å². The molecule has 2 amide bonds. The zero-order valence-corrected chi connectivity index (χ0v) is 16.2. The first-order valence-electron chi connectivity index (χ1n) is 8.77. The molecule has 0 unspecified atom stereocenters. The molecule has 0 bridgehead atoms. The van der Waals surface area contributed by atoms with E-state index in [2.05, 4.69) is 5.32 Å². The smallest absolute Gasteiger partial charge is 0.263 e. The van der Waals surface area contributed by atoms with E-state index < -0.39 is 0 Å². The van der Waals surface area contributed by atoms with Gasteiger partial charge in [-0.25, -0.2) is 4.98 Å². The molecular weight excluding hydrogens is 350 g/mol. The molecule has 0 aromatic carbocycles. The second-order valence-electron chi connectivity index (χ2n) is 6.85. The van der Waals surface area contributed by atoms with E-state index in [1.807, 2.05) is 36.0 Å². The van der Waals surface area contributed by atoms with Gasteiger partial charge < -0.3 is 20.9 Å². The van der Waals surface area contributed by atoms with Crippen molar-refractivity contribution >= 4 is 39.1 Å². The van der Waals surface area contributed by atoms with Gasteiger partial charge in [-0.1, -0.05) is 0 Å². The number of aromatic nitrogens is 1. The van der Waals surface area contributed by atoms with Gasteiger partial charge in [0.15, 0.2) is 0 Å². The highest BCUT2D eigenvalue weighted by atomic mass is 32.1. The summed E-state index contributed by atoms with van der Waals surface area (Å²) >= 11 is 1.30. The molecule has 1 aliphatic heterocycles. The van der Waals surface area contributed by atoms with E-state index in [1.165, 1.54) is 11.3 Å². The first-order valence-corrected chi connectivity index (χ1v) is 9.59. The number of fused-ring (bicyclic) bond motifs is 1. The highest BCUT2D eigenvalue weighted by Crippen LogP contribution is 2.36. The molecule has 7 nitrogen and oxygen atoms in total. The number of nitrogens with one attached hydrogen (secondary N) is 1. The molecular formula is C18H25N5O2S. The van der Waals surface area contributed by atoms with Crippen molar-refractivity contribution in [3.63, 3.8) is 0 Å². The summed E-state index contributed by atoms with van der Waals surface area (Å²) in [5.41, 5.74) is 7.45. The number of amides is 2. The van der Waals surface area contributed by atoms with Crippen molar-refractivity contribution in [2.45, 2.75) is 25.3 Å². The van der Waals surface area contributed by atoms with Crippen LogP contribution >= 0.6 is 11.3 Å². The molecule has 0 saturated carbocycles. The summed E-state index contributed by atoms with van der Waals surface area (Å²) in [6.45, 7) is 1.15. The van der Waals surface area contributed by atoms with Crippen LogP contribution in [-0.4, -0.2) is 60.8 Å². The Bertz CT molecular complexity index is 832. The van der Waals surface area contributed by atoms with Crippen LogP contribution in [0.25, 0.3) is 10.2 Å². The number of piperidine rings is 1. The predicted molar refractivity (Wildman–Crippen MR) is 104 cm³/mol. The number of likely N-dealkylation sites (N-methyl/N-ethyl adjacent to an activating group) is 1. The molecule has 3 N–H and O–H groups in total. The summed E-state index contributed by atoms with van der Waals surface area (Å²) < 4.78 is 0. The molecule has 1 fully saturated rings. The number of nitrogens with zero attached hydrogens (tertiary/aromatic N) is 3. The number of carbonyl (C=O) groups excluding carboxylic acids is 2. The minimum absolute atomic E-state index is 0.0209. The van der Waals surface area contributed by atoms with Crippen molar-refractivity contribution in [2.75, 3.05) is 40.0 Å². The number of carbonyl (C=O) groups is 2. The van der Waals surface area contributed by atoms with Crippen LogP contribution in [0.2, 0.25) is 0 Å². The lowest BCUT2D eigenvalue weighted by molar-refractivity contribution is -0.135. The van der Waals surface area contributed by atoms with Gasteiger partial charge >= 0.3 is 0 Å². The number of nitrogen functional groups attached to an aromatic ring is 1. The van der Waals surface area contributed by atoms with Crippen LogP contribution in [-0.2, 0) is 4.79 Å². The molecule has 2 aromatic rings. The number of thiophene rings is 1. The van der Waals surface area contributed by atoms with Crippen LogP contribution in [0.1, 0.15) is 40.7 Å². The average Bonchev–Trinajstić information content (AvgIpc) is 2.96. The monoisotopic (exact) mass is 375 g/mol. The number of hydrogen-bond donors (Lipinski definition) is 2. The number of anilines is 1.